The van der Waals surface area contributed by atoms with E-state index in [-0.39, 0.29) is 12.4 Å². The molecule has 1 heterocycles. The van der Waals surface area contributed by atoms with Gasteiger partial charge in [0.2, 0.25) is 0 Å². The highest BCUT2D eigenvalue weighted by Crippen LogP contribution is 2.31. The average Bonchev–Trinajstić information content (AvgIpc) is 2.64. The molecule has 0 radical (unpaired) electrons. The summed E-state index contributed by atoms with van der Waals surface area (Å²) >= 11 is 0. The van der Waals surface area contributed by atoms with Crippen molar-refractivity contribution < 1.29 is 4.74 Å². The van der Waals surface area contributed by atoms with Gasteiger partial charge in [-0.2, -0.15) is 0 Å². The molecular weight excluding hydrogens is 246 g/mol. The molecule has 0 bridgehead atoms. The van der Waals surface area contributed by atoms with Gasteiger partial charge in [0.05, 0.1) is 0 Å². The van der Waals surface area contributed by atoms with Crippen LogP contribution in [-0.4, -0.2) is 13.2 Å². The average molecular weight is 262 g/mol. The number of halogens is 1. The monoisotopic (exact) mass is 261 g/mol. The molecule has 0 aromatic heterocycles. The van der Waals surface area contributed by atoms with E-state index in [9.17, 15) is 0 Å². The van der Waals surface area contributed by atoms with E-state index in [2.05, 4.69) is 47.8 Å². The molecule has 3 heteroatoms. The first-order valence-corrected chi connectivity index (χ1v) is 5.96. The summed E-state index contributed by atoms with van der Waals surface area (Å²) in [5, 5.41) is 3.39. The topological polar surface area (TPSA) is 21.3 Å². The van der Waals surface area contributed by atoms with Crippen molar-refractivity contribution in [2.45, 2.75) is 6.54 Å². The Morgan fingerprint density at radius 2 is 1.78 bits per heavy atom. The Morgan fingerprint density at radius 1 is 0.944 bits per heavy atom. The van der Waals surface area contributed by atoms with E-state index in [4.69, 9.17) is 4.74 Å². The number of nitrogens with one attached hydrogen (secondary N) is 1. The Morgan fingerprint density at radius 3 is 2.61 bits per heavy atom. The summed E-state index contributed by atoms with van der Waals surface area (Å²) < 4.78 is 5.75. The molecule has 0 saturated carbocycles. The number of benzene rings is 2. The highest BCUT2D eigenvalue weighted by Gasteiger charge is 2.13. The molecule has 1 N–H and O–H groups in total. The van der Waals surface area contributed by atoms with Crippen molar-refractivity contribution in [3.8, 4) is 16.9 Å². The lowest BCUT2D eigenvalue weighted by Gasteiger charge is -2.12. The quantitative estimate of drug-likeness (QED) is 0.851. The lowest BCUT2D eigenvalue weighted by Crippen LogP contribution is -2.16. The minimum Gasteiger partial charge on any atom is -0.492 e. The molecule has 1 aliphatic rings. The van der Waals surface area contributed by atoms with E-state index >= 15 is 0 Å². The van der Waals surface area contributed by atoms with Crippen LogP contribution >= 0.6 is 12.4 Å². The van der Waals surface area contributed by atoms with Crippen molar-refractivity contribution in [2.75, 3.05) is 13.2 Å². The molecule has 2 nitrogen and oxygen atoms in total. The first-order valence-electron chi connectivity index (χ1n) is 5.96. The fourth-order valence-electron chi connectivity index (χ4n) is 2.22. The van der Waals surface area contributed by atoms with Crippen LogP contribution in [0.25, 0.3) is 11.1 Å². The molecule has 94 valence electrons. The van der Waals surface area contributed by atoms with Gasteiger partial charge in [-0.05, 0) is 17.2 Å². The summed E-state index contributed by atoms with van der Waals surface area (Å²) in [6.07, 6.45) is 0. The van der Waals surface area contributed by atoms with Crippen molar-refractivity contribution in [1.82, 2.24) is 5.32 Å². The van der Waals surface area contributed by atoms with Crippen molar-refractivity contribution in [3.05, 3.63) is 54.1 Å². The van der Waals surface area contributed by atoms with E-state index in [1.807, 2.05) is 6.07 Å². The third-order valence-electron chi connectivity index (χ3n) is 3.06. The minimum absolute atomic E-state index is 0. The van der Waals surface area contributed by atoms with E-state index in [0.29, 0.717) is 0 Å². The highest BCUT2D eigenvalue weighted by molar-refractivity contribution is 5.85. The number of fused-ring (bicyclic) bond motifs is 1. The van der Waals surface area contributed by atoms with Crippen molar-refractivity contribution in [1.29, 1.82) is 0 Å². The van der Waals surface area contributed by atoms with Gasteiger partial charge < -0.3 is 10.1 Å². The summed E-state index contributed by atoms with van der Waals surface area (Å²) in [6.45, 7) is 2.52. The Labute approximate surface area is 113 Å². The summed E-state index contributed by atoms with van der Waals surface area (Å²) in [4.78, 5) is 0. The van der Waals surface area contributed by atoms with E-state index in [0.717, 1.165) is 25.4 Å². The number of hydrogen-bond acceptors (Lipinski definition) is 2. The molecule has 0 aliphatic carbocycles. The standard InChI is InChI=1S/C15H15NO.ClH/c1-2-5-12(6-3-1)13-7-4-8-15-14(13)11-16-9-10-17-15;/h1-8,16H,9-11H2;1H. The van der Waals surface area contributed by atoms with Crippen LogP contribution in [0.5, 0.6) is 5.75 Å². The van der Waals surface area contributed by atoms with E-state index in [1.165, 1.54) is 16.7 Å². The van der Waals surface area contributed by atoms with Crippen LogP contribution in [0.15, 0.2) is 48.5 Å². The van der Waals surface area contributed by atoms with E-state index < -0.39 is 0 Å². The Bertz CT molecular complexity index is 513. The summed E-state index contributed by atoms with van der Waals surface area (Å²) in [5.74, 6) is 1.01. The number of hydrogen-bond donors (Lipinski definition) is 1. The van der Waals surface area contributed by atoms with Crippen LogP contribution in [0.3, 0.4) is 0 Å². The second-order valence-electron chi connectivity index (χ2n) is 4.17. The largest absolute Gasteiger partial charge is 0.492 e. The molecular formula is C15H16ClNO. The maximum Gasteiger partial charge on any atom is 0.124 e. The van der Waals surface area contributed by atoms with Crippen LogP contribution in [-0.2, 0) is 6.54 Å². The second kappa shape index (κ2) is 5.89. The Hall–Kier alpha value is -1.51. The first kappa shape index (κ1) is 12.9. The minimum atomic E-state index is 0. The van der Waals surface area contributed by atoms with Crippen LogP contribution in [0.2, 0.25) is 0 Å². The van der Waals surface area contributed by atoms with Gasteiger partial charge in [0.25, 0.3) is 0 Å². The van der Waals surface area contributed by atoms with Gasteiger partial charge in [-0.1, -0.05) is 42.5 Å². The molecule has 0 spiro atoms. The van der Waals surface area contributed by atoms with Gasteiger partial charge in [-0.3, -0.25) is 0 Å². The van der Waals surface area contributed by atoms with Crippen LogP contribution in [0, 0.1) is 0 Å². The molecule has 3 rings (SSSR count). The SMILES string of the molecule is Cl.c1ccc(-c2cccc3c2CNCCO3)cc1. The normalized spacial score (nSPS) is 13.8. The number of rotatable bonds is 1. The third kappa shape index (κ3) is 2.50. The molecule has 0 fully saturated rings. The van der Waals surface area contributed by atoms with Gasteiger partial charge in [0, 0.05) is 18.7 Å². The van der Waals surface area contributed by atoms with Gasteiger partial charge in [-0.15, -0.1) is 12.4 Å². The lowest BCUT2D eigenvalue weighted by molar-refractivity contribution is 0.326. The van der Waals surface area contributed by atoms with Gasteiger partial charge in [0.1, 0.15) is 12.4 Å². The summed E-state index contributed by atoms with van der Waals surface area (Å²) in [6, 6.07) is 16.7. The van der Waals surface area contributed by atoms with E-state index in [1.54, 1.807) is 0 Å². The third-order valence-corrected chi connectivity index (χ3v) is 3.06. The molecule has 0 saturated heterocycles. The Balaban J connectivity index is 0.00000120. The van der Waals surface area contributed by atoms with Crippen LogP contribution < -0.4 is 10.1 Å². The molecule has 2 aromatic rings. The molecule has 2 aromatic carbocycles. The fraction of sp³-hybridized carbons (Fsp3) is 0.200. The second-order valence-corrected chi connectivity index (χ2v) is 4.17. The Kier molecular flexibility index (Phi) is 4.24. The maximum absolute atomic E-state index is 5.75. The predicted molar refractivity (Wildman–Crippen MR) is 76.3 cm³/mol. The fourth-order valence-corrected chi connectivity index (χ4v) is 2.22. The molecule has 0 atom stereocenters. The smallest absolute Gasteiger partial charge is 0.124 e. The lowest BCUT2D eigenvalue weighted by atomic mass is 9.99. The summed E-state index contributed by atoms with van der Waals surface area (Å²) in [7, 11) is 0. The van der Waals surface area contributed by atoms with Gasteiger partial charge in [0.15, 0.2) is 0 Å². The molecule has 0 amide bonds. The zero-order chi connectivity index (χ0) is 11.5. The predicted octanol–water partition coefficient (Wildman–Crippen LogP) is 3.26. The maximum atomic E-state index is 5.75. The molecule has 18 heavy (non-hydrogen) atoms. The number of ether oxygens (including phenoxy) is 1. The van der Waals surface area contributed by atoms with Crippen molar-refractivity contribution >= 4 is 12.4 Å². The zero-order valence-corrected chi connectivity index (χ0v) is 10.9. The zero-order valence-electron chi connectivity index (χ0n) is 10.1. The van der Waals surface area contributed by atoms with Gasteiger partial charge in [-0.25, -0.2) is 0 Å². The molecule has 0 unspecified atom stereocenters. The van der Waals surface area contributed by atoms with Crippen molar-refractivity contribution in [3.63, 3.8) is 0 Å². The van der Waals surface area contributed by atoms with Crippen LogP contribution in [0.4, 0.5) is 0 Å². The van der Waals surface area contributed by atoms with Gasteiger partial charge >= 0.3 is 0 Å². The first-order chi connectivity index (χ1) is 8.45. The highest BCUT2D eigenvalue weighted by atomic mass is 35.5. The van der Waals surface area contributed by atoms with Crippen LogP contribution in [0.1, 0.15) is 5.56 Å². The summed E-state index contributed by atoms with van der Waals surface area (Å²) in [5.41, 5.74) is 3.77. The molecule has 1 aliphatic heterocycles. The van der Waals surface area contributed by atoms with Crippen molar-refractivity contribution in [2.24, 2.45) is 0 Å².